The number of rotatable bonds is 18. The van der Waals surface area contributed by atoms with Gasteiger partial charge in [-0.2, -0.15) is 0 Å². The molecular formula is C40H62N4O13. The molecule has 0 aliphatic rings. The summed E-state index contributed by atoms with van der Waals surface area (Å²) >= 11 is 0. The summed E-state index contributed by atoms with van der Waals surface area (Å²) in [6, 6.07) is 2.44. The Morgan fingerprint density at radius 3 is 1.46 bits per heavy atom. The number of esters is 3. The lowest BCUT2D eigenvalue weighted by Gasteiger charge is -2.29. The summed E-state index contributed by atoms with van der Waals surface area (Å²) in [5.74, 6) is -7.61. The minimum Gasteiger partial charge on any atom is -0.480 e. The fourth-order valence-electron chi connectivity index (χ4n) is 5.06. The second-order valence-corrected chi connectivity index (χ2v) is 17.4. The van der Waals surface area contributed by atoms with Crippen molar-refractivity contribution in [3.05, 3.63) is 35.9 Å². The van der Waals surface area contributed by atoms with Crippen LogP contribution >= 0.6 is 0 Å². The number of alkyl carbamates (subject to hydrolysis) is 1. The van der Waals surface area contributed by atoms with Crippen molar-refractivity contribution in [2.75, 3.05) is 0 Å². The van der Waals surface area contributed by atoms with Crippen molar-refractivity contribution in [3.63, 3.8) is 0 Å². The van der Waals surface area contributed by atoms with Crippen LogP contribution in [0.4, 0.5) is 4.79 Å². The third kappa shape index (κ3) is 20.0. The number of aliphatic carboxylic acids is 1. The first kappa shape index (κ1) is 49.8. The van der Waals surface area contributed by atoms with Crippen molar-refractivity contribution in [3.8, 4) is 0 Å². The van der Waals surface area contributed by atoms with Crippen LogP contribution in [0.3, 0.4) is 0 Å². The summed E-state index contributed by atoms with van der Waals surface area (Å²) in [5.41, 5.74) is -3.29. The zero-order chi connectivity index (χ0) is 44.1. The number of carbonyl (C=O) groups excluding carboxylic acids is 7. The minimum atomic E-state index is -1.71. The quantitative estimate of drug-likeness (QED) is 0.105. The van der Waals surface area contributed by atoms with Crippen LogP contribution in [0, 0.1) is 5.92 Å². The maximum Gasteiger partial charge on any atom is 0.408 e. The summed E-state index contributed by atoms with van der Waals surface area (Å²) in [7, 11) is 0. The first-order valence-electron chi connectivity index (χ1n) is 18.7. The van der Waals surface area contributed by atoms with Crippen LogP contribution in [0.2, 0.25) is 0 Å². The molecule has 0 aromatic heterocycles. The molecule has 0 radical (unpaired) electrons. The van der Waals surface area contributed by atoms with E-state index < -0.39 is 113 Å². The molecule has 17 heteroatoms. The van der Waals surface area contributed by atoms with Gasteiger partial charge in [0.15, 0.2) is 0 Å². The third-order valence-corrected chi connectivity index (χ3v) is 7.56. The largest absolute Gasteiger partial charge is 0.480 e. The Hall–Kier alpha value is -5.22. The van der Waals surface area contributed by atoms with Crippen molar-refractivity contribution < 1.29 is 62.4 Å². The number of benzene rings is 1. The summed E-state index contributed by atoms with van der Waals surface area (Å²) in [5, 5.41) is 19.4. The lowest BCUT2D eigenvalue weighted by atomic mass is 9.98. The highest BCUT2D eigenvalue weighted by atomic mass is 16.6. The maximum atomic E-state index is 13.9. The van der Waals surface area contributed by atoms with Gasteiger partial charge >= 0.3 is 30.0 Å². The highest BCUT2D eigenvalue weighted by molar-refractivity contribution is 5.96. The van der Waals surface area contributed by atoms with Crippen molar-refractivity contribution in [2.45, 2.75) is 162 Å². The molecule has 0 saturated carbocycles. The van der Waals surface area contributed by atoms with E-state index in [1.54, 1.807) is 120 Å². The summed E-state index contributed by atoms with van der Waals surface area (Å²) in [6.45, 7) is 20.9. The Balaban J connectivity index is 3.45. The zero-order valence-electron chi connectivity index (χ0n) is 35.4. The van der Waals surface area contributed by atoms with Gasteiger partial charge in [0.25, 0.3) is 0 Å². The molecule has 0 aliphatic carbocycles. The van der Waals surface area contributed by atoms with Crippen LogP contribution in [0.5, 0.6) is 0 Å². The highest BCUT2D eigenvalue weighted by Crippen LogP contribution is 2.24. The van der Waals surface area contributed by atoms with E-state index in [4.69, 9.17) is 18.9 Å². The van der Waals surface area contributed by atoms with Gasteiger partial charge in [0.05, 0.1) is 12.8 Å². The van der Waals surface area contributed by atoms with Crippen LogP contribution in [0.1, 0.15) is 121 Å². The monoisotopic (exact) mass is 806 g/mol. The van der Waals surface area contributed by atoms with Crippen molar-refractivity contribution in [1.29, 1.82) is 0 Å². The molecular weight excluding hydrogens is 744 g/mol. The number of hydrogen-bond acceptors (Lipinski definition) is 12. The van der Waals surface area contributed by atoms with Crippen molar-refractivity contribution >= 4 is 47.7 Å². The second kappa shape index (κ2) is 20.8. The highest BCUT2D eigenvalue weighted by Gasteiger charge is 2.36. The fourth-order valence-corrected chi connectivity index (χ4v) is 5.06. The van der Waals surface area contributed by atoms with E-state index in [0.717, 1.165) is 0 Å². The molecule has 0 fully saturated rings. The minimum absolute atomic E-state index is 0.361. The molecule has 0 aliphatic heterocycles. The van der Waals surface area contributed by atoms with E-state index in [1.807, 2.05) is 0 Å². The van der Waals surface area contributed by atoms with Crippen LogP contribution in [-0.4, -0.2) is 93.8 Å². The van der Waals surface area contributed by atoms with E-state index in [0.29, 0.717) is 5.56 Å². The topological polar surface area (TPSA) is 242 Å². The van der Waals surface area contributed by atoms with E-state index in [1.165, 1.54) is 0 Å². The number of nitrogens with one attached hydrogen (secondary N) is 4. The molecule has 17 nitrogen and oxygen atoms in total. The molecule has 1 aromatic carbocycles. The molecule has 4 atom stereocenters. The van der Waals surface area contributed by atoms with Crippen molar-refractivity contribution in [1.82, 2.24) is 21.3 Å². The average molecular weight is 807 g/mol. The fraction of sp³-hybridized carbons (Fsp3) is 0.650. The predicted octanol–water partition coefficient (Wildman–Crippen LogP) is 3.80. The summed E-state index contributed by atoms with van der Waals surface area (Å²) in [4.78, 5) is 105. The van der Waals surface area contributed by atoms with Crippen LogP contribution in [0.25, 0.3) is 0 Å². The normalized spacial score (nSPS) is 14.1. The summed E-state index contributed by atoms with van der Waals surface area (Å²) in [6.07, 6.45) is -3.21. The maximum absolute atomic E-state index is 13.9. The Kier molecular flexibility index (Phi) is 18.2. The van der Waals surface area contributed by atoms with Gasteiger partial charge in [0, 0.05) is 6.42 Å². The van der Waals surface area contributed by atoms with Gasteiger partial charge in [-0.25, -0.2) is 9.59 Å². The molecule has 0 heterocycles. The Labute approximate surface area is 335 Å². The molecule has 320 valence electrons. The number of carboxylic acids is 1. The van der Waals surface area contributed by atoms with Gasteiger partial charge in [0.1, 0.15) is 46.6 Å². The Bertz CT molecular complexity index is 1590. The van der Waals surface area contributed by atoms with E-state index >= 15 is 0 Å². The third-order valence-electron chi connectivity index (χ3n) is 7.56. The van der Waals surface area contributed by atoms with E-state index in [9.17, 15) is 43.5 Å². The molecule has 0 spiro atoms. The second-order valence-electron chi connectivity index (χ2n) is 17.4. The van der Waals surface area contributed by atoms with Crippen molar-refractivity contribution in [2.24, 2.45) is 5.92 Å². The van der Waals surface area contributed by atoms with Crippen LogP contribution < -0.4 is 21.3 Å². The number of amides is 4. The van der Waals surface area contributed by atoms with Gasteiger partial charge in [-0.05, 0) is 94.1 Å². The average Bonchev–Trinajstić information content (AvgIpc) is 3.01. The summed E-state index contributed by atoms with van der Waals surface area (Å²) < 4.78 is 21.6. The first-order valence-corrected chi connectivity index (χ1v) is 18.7. The smallest absolute Gasteiger partial charge is 0.408 e. The van der Waals surface area contributed by atoms with Crippen LogP contribution in [0.15, 0.2) is 30.3 Å². The molecule has 1 rings (SSSR count). The van der Waals surface area contributed by atoms with Gasteiger partial charge in [-0.15, -0.1) is 0 Å². The number of hydrogen-bond donors (Lipinski definition) is 5. The standard InChI is InChI=1S/C40H62N4O13/c1-23(2)31(34(50)42-27(35(51)52)22-30(47)56-39(9,10)11)44-32(48)25(19-20-28(45)54-37(3,4)5)41-33(49)26(21-29(46)55-38(6,7)8)43-36(53)57-40(12,13)24-17-15-14-16-18-24/h14-18,23,25-27,31H,19-22H2,1-13H3,(H,41,49)(H,42,50)(H,43,53)(H,44,48)(H,51,52)/t25-,26-,27-,31-/m0/s1. The molecule has 57 heavy (non-hydrogen) atoms. The molecule has 0 unspecified atom stereocenters. The zero-order valence-corrected chi connectivity index (χ0v) is 35.4. The molecule has 0 bridgehead atoms. The van der Waals surface area contributed by atoms with Gasteiger partial charge < -0.3 is 45.3 Å². The van der Waals surface area contributed by atoms with Gasteiger partial charge in [-0.3, -0.25) is 28.8 Å². The Morgan fingerprint density at radius 1 is 0.561 bits per heavy atom. The molecule has 0 saturated heterocycles. The van der Waals surface area contributed by atoms with Gasteiger partial charge in [0.2, 0.25) is 17.7 Å². The number of ether oxygens (including phenoxy) is 4. The predicted molar refractivity (Wildman–Crippen MR) is 207 cm³/mol. The van der Waals surface area contributed by atoms with Crippen LogP contribution in [-0.2, 0) is 58.1 Å². The SMILES string of the molecule is CC(C)[C@H](NC(=O)[C@H](CCC(=O)OC(C)(C)C)NC(=O)[C@H](CC(=O)OC(C)(C)C)NC(=O)OC(C)(C)c1ccccc1)C(=O)N[C@@H](CC(=O)OC(C)(C)C)C(=O)O. The van der Waals surface area contributed by atoms with E-state index in [2.05, 4.69) is 21.3 Å². The number of carbonyl (C=O) groups is 8. The molecule has 5 N–H and O–H groups in total. The lowest BCUT2D eigenvalue weighted by Crippen LogP contribution is -2.59. The Morgan fingerprint density at radius 2 is 1.00 bits per heavy atom. The number of carboxylic acid groups (broad SMARTS) is 1. The molecule has 1 aromatic rings. The first-order chi connectivity index (χ1) is 25.9. The lowest BCUT2D eigenvalue weighted by molar-refractivity contribution is -0.159. The molecule has 4 amide bonds. The van der Waals surface area contributed by atoms with E-state index in [-0.39, 0.29) is 12.8 Å². The van der Waals surface area contributed by atoms with Gasteiger partial charge in [-0.1, -0.05) is 44.2 Å².